The van der Waals surface area contributed by atoms with Crippen molar-refractivity contribution < 1.29 is 0 Å². The van der Waals surface area contributed by atoms with Gasteiger partial charge in [-0.3, -0.25) is 4.99 Å². The Kier molecular flexibility index (Phi) is 3.80. The summed E-state index contributed by atoms with van der Waals surface area (Å²) >= 11 is 1.74. The Morgan fingerprint density at radius 1 is 1.21 bits per heavy atom. The van der Waals surface area contributed by atoms with E-state index < -0.39 is 0 Å². The van der Waals surface area contributed by atoms with Crippen LogP contribution in [0.4, 0.5) is 0 Å². The van der Waals surface area contributed by atoms with Crippen molar-refractivity contribution in [1.82, 2.24) is 5.43 Å². The molecular weight excluding hydrogens is 254 g/mol. The molecule has 4 heteroatoms. The summed E-state index contributed by atoms with van der Waals surface area (Å²) in [6, 6.07) is 8.83. The molecule has 100 valence electrons. The lowest BCUT2D eigenvalue weighted by atomic mass is 9.96. The molecule has 0 saturated heterocycles. The molecule has 0 spiro atoms. The lowest BCUT2D eigenvalue weighted by molar-refractivity contribution is 0.442. The fourth-order valence-corrected chi connectivity index (χ4v) is 3.68. The van der Waals surface area contributed by atoms with Crippen LogP contribution in [0.1, 0.15) is 37.7 Å². The quantitative estimate of drug-likeness (QED) is 0.381. The standard InChI is InChI=1S/C15H19N3S/c16-18-15(17-11-6-2-1-3-7-11)13-10-19-14-9-5-4-8-12(13)14/h4-5,8-11H,1-3,6-7,16H2,(H,17,18). The van der Waals surface area contributed by atoms with Crippen LogP contribution in [-0.2, 0) is 0 Å². The van der Waals surface area contributed by atoms with Crippen LogP contribution in [0.3, 0.4) is 0 Å². The fraction of sp³-hybridized carbons (Fsp3) is 0.400. The van der Waals surface area contributed by atoms with E-state index in [0.29, 0.717) is 6.04 Å². The fourth-order valence-electron chi connectivity index (χ4n) is 2.74. The molecule has 2 aromatic rings. The van der Waals surface area contributed by atoms with Crippen molar-refractivity contribution in [3.05, 3.63) is 35.2 Å². The summed E-state index contributed by atoms with van der Waals surface area (Å²) in [5.41, 5.74) is 3.93. The van der Waals surface area contributed by atoms with Crippen LogP contribution in [0.15, 0.2) is 34.6 Å². The van der Waals surface area contributed by atoms with E-state index in [-0.39, 0.29) is 0 Å². The van der Waals surface area contributed by atoms with Gasteiger partial charge in [0, 0.05) is 21.0 Å². The molecule has 1 aliphatic rings. The van der Waals surface area contributed by atoms with Gasteiger partial charge in [-0.15, -0.1) is 11.3 Å². The smallest absolute Gasteiger partial charge is 0.144 e. The molecule has 0 amide bonds. The van der Waals surface area contributed by atoms with Gasteiger partial charge in [0.2, 0.25) is 0 Å². The maximum Gasteiger partial charge on any atom is 0.144 e. The van der Waals surface area contributed by atoms with E-state index in [1.807, 2.05) is 0 Å². The van der Waals surface area contributed by atoms with Gasteiger partial charge in [0.15, 0.2) is 0 Å². The number of hydrogen-bond donors (Lipinski definition) is 2. The number of nitrogens with zero attached hydrogens (tertiary/aromatic N) is 1. The highest BCUT2D eigenvalue weighted by Gasteiger charge is 2.15. The SMILES string of the molecule is NNC(=NC1CCCCC1)c1csc2ccccc12. The van der Waals surface area contributed by atoms with Gasteiger partial charge in [-0.25, -0.2) is 5.84 Å². The first-order valence-electron chi connectivity index (χ1n) is 6.89. The molecule has 1 heterocycles. The largest absolute Gasteiger partial charge is 0.308 e. The van der Waals surface area contributed by atoms with Gasteiger partial charge in [-0.2, -0.15) is 0 Å². The van der Waals surface area contributed by atoms with Crippen molar-refractivity contribution in [2.45, 2.75) is 38.1 Å². The van der Waals surface area contributed by atoms with Crippen LogP contribution in [0.25, 0.3) is 10.1 Å². The maximum absolute atomic E-state index is 5.70. The second-order valence-corrected chi connectivity index (χ2v) is 5.97. The molecule has 19 heavy (non-hydrogen) atoms. The molecule has 1 saturated carbocycles. The van der Waals surface area contributed by atoms with Gasteiger partial charge in [0.25, 0.3) is 0 Å². The molecule has 3 nitrogen and oxygen atoms in total. The van der Waals surface area contributed by atoms with Gasteiger partial charge in [0.05, 0.1) is 6.04 Å². The Morgan fingerprint density at radius 3 is 2.79 bits per heavy atom. The number of nitrogens with two attached hydrogens (primary N) is 1. The molecule has 0 atom stereocenters. The third-order valence-corrected chi connectivity index (χ3v) is 4.72. The normalized spacial score (nSPS) is 17.8. The summed E-state index contributed by atoms with van der Waals surface area (Å²) in [4.78, 5) is 4.83. The summed E-state index contributed by atoms with van der Waals surface area (Å²) < 4.78 is 1.28. The minimum Gasteiger partial charge on any atom is -0.308 e. The van der Waals surface area contributed by atoms with Crippen molar-refractivity contribution in [3.8, 4) is 0 Å². The number of fused-ring (bicyclic) bond motifs is 1. The molecule has 0 radical (unpaired) electrons. The van der Waals surface area contributed by atoms with E-state index in [1.54, 1.807) is 11.3 Å². The number of hydrazine groups is 1. The first-order chi connectivity index (χ1) is 9.38. The summed E-state index contributed by atoms with van der Waals surface area (Å²) in [5.74, 6) is 6.53. The van der Waals surface area contributed by atoms with Gasteiger partial charge in [0.1, 0.15) is 5.84 Å². The first kappa shape index (κ1) is 12.6. The predicted octanol–water partition coefficient (Wildman–Crippen LogP) is 3.44. The van der Waals surface area contributed by atoms with E-state index in [0.717, 1.165) is 11.4 Å². The number of amidine groups is 1. The summed E-state index contributed by atoms with van der Waals surface area (Å²) in [6.07, 6.45) is 6.30. The van der Waals surface area contributed by atoms with Gasteiger partial charge < -0.3 is 5.43 Å². The third-order valence-electron chi connectivity index (χ3n) is 3.76. The third kappa shape index (κ3) is 2.65. The van der Waals surface area contributed by atoms with Crippen molar-refractivity contribution in [1.29, 1.82) is 0 Å². The van der Waals surface area contributed by atoms with E-state index >= 15 is 0 Å². The molecule has 0 bridgehead atoms. The summed E-state index contributed by atoms with van der Waals surface area (Å²) in [7, 11) is 0. The highest BCUT2D eigenvalue weighted by molar-refractivity contribution is 7.17. The lowest BCUT2D eigenvalue weighted by Crippen LogP contribution is -2.32. The van der Waals surface area contributed by atoms with Crippen LogP contribution < -0.4 is 11.3 Å². The van der Waals surface area contributed by atoms with Gasteiger partial charge in [-0.1, -0.05) is 37.5 Å². The Hall–Kier alpha value is -1.39. The summed E-state index contributed by atoms with van der Waals surface area (Å²) in [5, 5.41) is 3.38. The van der Waals surface area contributed by atoms with Crippen LogP contribution >= 0.6 is 11.3 Å². The minimum absolute atomic E-state index is 0.429. The zero-order valence-electron chi connectivity index (χ0n) is 10.9. The Morgan fingerprint density at radius 2 is 2.00 bits per heavy atom. The number of nitrogens with one attached hydrogen (secondary N) is 1. The number of aliphatic imine (C=N–C) groups is 1. The van der Waals surface area contributed by atoms with E-state index in [2.05, 4.69) is 35.1 Å². The Bertz CT molecular complexity index is 582. The highest BCUT2D eigenvalue weighted by atomic mass is 32.1. The Balaban J connectivity index is 1.95. The van der Waals surface area contributed by atoms with Crippen LogP contribution in [0.5, 0.6) is 0 Å². The average molecular weight is 273 g/mol. The summed E-state index contributed by atoms with van der Waals surface area (Å²) in [6.45, 7) is 0. The first-order valence-corrected chi connectivity index (χ1v) is 7.77. The molecule has 0 unspecified atom stereocenters. The monoisotopic (exact) mass is 273 g/mol. The molecule has 1 aromatic carbocycles. The average Bonchev–Trinajstić information content (AvgIpc) is 2.90. The van der Waals surface area contributed by atoms with Crippen molar-refractivity contribution in [2.75, 3.05) is 0 Å². The number of benzene rings is 1. The topological polar surface area (TPSA) is 50.4 Å². The number of hydrogen-bond acceptors (Lipinski definition) is 3. The van der Waals surface area contributed by atoms with Crippen molar-refractivity contribution >= 4 is 27.3 Å². The van der Waals surface area contributed by atoms with E-state index in [4.69, 9.17) is 10.8 Å². The van der Waals surface area contributed by atoms with Crippen molar-refractivity contribution in [2.24, 2.45) is 10.8 Å². The lowest BCUT2D eigenvalue weighted by Gasteiger charge is -2.19. The van der Waals surface area contributed by atoms with Gasteiger partial charge in [-0.05, 0) is 18.9 Å². The maximum atomic E-state index is 5.70. The zero-order valence-corrected chi connectivity index (χ0v) is 11.7. The molecule has 1 fully saturated rings. The van der Waals surface area contributed by atoms with E-state index in [9.17, 15) is 0 Å². The predicted molar refractivity (Wildman–Crippen MR) is 82.6 cm³/mol. The molecule has 0 aliphatic heterocycles. The zero-order chi connectivity index (χ0) is 13.1. The van der Waals surface area contributed by atoms with Gasteiger partial charge >= 0.3 is 0 Å². The molecule has 3 rings (SSSR count). The number of rotatable bonds is 2. The second kappa shape index (κ2) is 5.72. The van der Waals surface area contributed by atoms with Crippen LogP contribution in [0, 0.1) is 0 Å². The molecular formula is C15H19N3S. The second-order valence-electron chi connectivity index (χ2n) is 5.06. The molecule has 1 aromatic heterocycles. The highest BCUT2D eigenvalue weighted by Crippen LogP contribution is 2.27. The molecule has 1 aliphatic carbocycles. The van der Waals surface area contributed by atoms with E-state index in [1.165, 1.54) is 42.2 Å². The van der Waals surface area contributed by atoms with Crippen LogP contribution in [-0.4, -0.2) is 11.9 Å². The molecule has 3 N–H and O–H groups in total. The van der Waals surface area contributed by atoms with Crippen LogP contribution in [0.2, 0.25) is 0 Å². The minimum atomic E-state index is 0.429. The number of thiophene rings is 1. The van der Waals surface area contributed by atoms with Crippen molar-refractivity contribution in [3.63, 3.8) is 0 Å². The Labute approximate surface area is 117 Å².